The van der Waals surface area contributed by atoms with Crippen molar-refractivity contribution in [2.24, 2.45) is 0 Å². The van der Waals surface area contributed by atoms with Gasteiger partial charge in [0.2, 0.25) is 5.91 Å². The fraction of sp³-hybridized carbons (Fsp3) is 0.278. The second kappa shape index (κ2) is 6.52. The highest BCUT2D eigenvalue weighted by molar-refractivity contribution is 5.96. The van der Waals surface area contributed by atoms with Crippen LogP contribution in [0.25, 0.3) is 0 Å². The number of aryl methyl sites for hydroxylation is 1. The van der Waals surface area contributed by atoms with Crippen molar-refractivity contribution in [3.05, 3.63) is 53.6 Å². The number of carbonyl (C=O) groups is 1. The highest BCUT2D eigenvalue weighted by Crippen LogP contribution is 2.30. The minimum Gasteiger partial charge on any atom is -0.497 e. The molecule has 0 aromatic heterocycles. The SMILES string of the molecule is COc1cccc(CC(=O)Nc2cccc3c2NCCC3)c1. The van der Waals surface area contributed by atoms with Gasteiger partial charge in [-0.25, -0.2) is 0 Å². The van der Waals surface area contributed by atoms with Crippen LogP contribution in [0, 0.1) is 0 Å². The molecule has 3 rings (SSSR count). The van der Waals surface area contributed by atoms with Crippen LogP contribution in [0.2, 0.25) is 0 Å². The molecule has 0 saturated heterocycles. The Morgan fingerprint density at radius 2 is 2.14 bits per heavy atom. The summed E-state index contributed by atoms with van der Waals surface area (Å²) in [5, 5.41) is 6.40. The first-order chi connectivity index (χ1) is 10.8. The van der Waals surface area contributed by atoms with E-state index >= 15 is 0 Å². The summed E-state index contributed by atoms with van der Waals surface area (Å²) in [6.45, 7) is 0.954. The van der Waals surface area contributed by atoms with Crippen LogP contribution >= 0.6 is 0 Å². The summed E-state index contributed by atoms with van der Waals surface area (Å²) in [4.78, 5) is 12.3. The van der Waals surface area contributed by atoms with Gasteiger partial charge in [-0.2, -0.15) is 0 Å². The zero-order chi connectivity index (χ0) is 15.4. The summed E-state index contributed by atoms with van der Waals surface area (Å²) in [6, 6.07) is 13.6. The van der Waals surface area contributed by atoms with Gasteiger partial charge >= 0.3 is 0 Å². The molecule has 4 heteroatoms. The normalized spacial score (nSPS) is 13.0. The molecule has 2 aromatic rings. The summed E-state index contributed by atoms with van der Waals surface area (Å²) in [7, 11) is 1.63. The van der Waals surface area contributed by atoms with Crippen molar-refractivity contribution in [3.63, 3.8) is 0 Å². The van der Waals surface area contributed by atoms with Gasteiger partial charge in [0.25, 0.3) is 0 Å². The lowest BCUT2D eigenvalue weighted by atomic mass is 10.0. The number of benzene rings is 2. The number of amides is 1. The average Bonchev–Trinajstić information content (AvgIpc) is 2.55. The van der Waals surface area contributed by atoms with Crippen LogP contribution in [0.15, 0.2) is 42.5 Å². The van der Waals surface area contributed by atoms with Gasteiger partial charge in [0, 0.05) is 6.54 Å². The van der Waals surface area contributed by atoms with Crippen molar-refractivity contribution < 1.29 is 9.53 Å². The number of ether oxygens (including phenoxy) is 1. The van der Waals surface area contributed by atoms with E-state index in [0.717, 1.165) is 42.1 Å². The molecule has 2 N–H and O–H groups in total. The summed E-state index contributed by atoms with van der Waals surface area (Å²) >= 11 is 0. The molecule has 0 radical (unpaired) electrons. The van der Waals surface area contributed by atoms with Gasteiger partial charge in [-0.1, -0.05) is 24.3 Å². The van der Waals surface area contributed by atoms with Crippen molar-refractivity contribution in [2.45, 2.75) is 19.3 Å². The zero-order valence-electron chi connectivity index (χ0n) is 12.7. The first-order valence-electron chi connectivity index (χ1n) is 7.55. The van der Waals surface area contributed by atoms with Crippen molar-refractivity contribution in [3.8, 4) is 5.75 Å². The van der Waals surface area contributed by atoms with Gasteiger partial charge in [-0.15, -0.1) is 0 Å². The molecule has 1 heterocycles. The van der Waals surface area contributed by atoms with E-state index in [1.165, 1.54) is 5.56 Å². The summed E-state index contributed by atoms with van der Waals surface area (Å²) in [5.74, 6) is 0.748. The first kappa shape index (κ1) is 14.4. The highest BCUT2D eigenvalue weighted by atomic mass is 16.5. The van der Waals surface area contributed by atoms with Crippen molar-refractivity contribution in [1.82, 2.24) is 0 Å². The van der Waals surface area contributed by atoms with Gasteiger partial charge < -0.3 is 15.4 Å². The van der Waals surface area contributed by atoms with Gasteiger partial charge in [0.05, 0.1) is 24.9 Å². The molecule has 22 heavy (non-hydrogen) atoms. The van der Waals surface area contributed by atoms with Crippen molar-refractivity contribution in [2.75, 3.05) is 24.3 Å². The molecule has 0 atom stereocenters. The van der Waals surface area contributed by atoms with Gasteiger partial charge in [-0.3, -0.25) is 4.79 Å². The number of methoxy groups -OCH3 is 1. The van der Waals surface area contributed by atoms with E-state index in [-0.39, 0.29) is 5.91 Å². The smallest absolute Gasteiger partial charge is 0.228 e. The van der Waals surface area contributed by atoms with Crippen LogP contribution in [0.4, 0.5) is 11.4 Å². The third-order valence-electron chi connectivity index (χ3n) is 3.85. The Bertz CT molecular complexity index is 683. The van der Waals surface area contributed by atoms with Crippen molar-refractivity contribution in [1.29, 1.82) is 0 Å². The molecule has 0 bridgehead atoms. The number of rotatable bonds is 4. The molecular formula is C18H20N2O2. The summed E-state index contributed by atoms with van der Waals surface area (Å²) in [5.41, 5.74) is 4.14. The molecule has 1 aliphatic rings. The first-order valence-corrected chi connectivity index (χ1v) is 7.55. The van der Waals surface area contributed by atoms with Crippen molar-refractivity contribution >= 4 is 17.3 Å². The van der Waals surface area contributed by atoms with Gasteiger partial charge in [0.1, 0.15) is 5.75 Å². The van der Waals surface area contributed by atoms with Crippen LogP contribution in [-0.2, 0) is 17.6 Å². The Labute approximate surface area is 130 Å². The largest absolute Gasteiger partial charge is 0.497 e. The second-order valence-electron chi connectivity index (χ2n) is 5.45. The molecule has 0 saturated carbocycles. The minimum atomic E-state index is -0.0194. The molecule has 1 amide bonds. The fourth-order valence-electron chi connectivity index (χ4n) is 2.78. The quantitative estimate of drug-likeness (QED) is 0.910. The van der Waals surface area contributed by atoms with E-state index in [1.807, 2.05) is 36.4 Å². The maximum atomic E-state index is 12.3. The van der Waals surface area contributed by atoms with Crippen LogP contribution in [0.3, 0.4) is 0 Å². The number of anilines is 2. The molecule has 114 valence electrons. The summed E-state index contributed by atoms with van der Waals surface area (Å²) in [6.07, 6.45) is 2.52. The van der Waals surface area contributed by atoms with E-state index in [1.54, 1.807) is 7.11 Å². The Morgan fingerprint density at radius 1 is 1.27 bits per heavy atom. The minimum absolute atomic E-state index is 0.0194. The van der Waals surface area contributed by atoms with E-state index in [9.17, 15) is 4.79 Å². The molecule has 0 fully saturated rings. The zero-order valence-corrected chi connectivity index (χ0v) is 12.7. The third-order valence-corrected chi connectivity index (χ3v) is 3.85. The van der Waals surface area contributed by atoms with Gasteiger partial charge in [-0.05, 0) is 42.2 Å². The number of carbonyl (C=O) groups excluding carboxylic acids is 1. The standard InChI is InChI=1S/C18H20N2O2/c1-22-15-8-2-5-13(11-15)12-17(21)20-16-9-3-6-14-7-4-10-19-18(14)16/h2-3,5-6,8-9,11,19H,4,7,10,12H2,1H3,(H,20,21). The lowest BCUT2D eigenvalue weighted by Gasteiger charge is -2.21. The van der Waals surface area contributed by atoms with Gasteiger partial charge in [0.15, 0.2) is 0 Å². The third kappa shape index (κ3) is 3.22. The number of fused-ring (bicyclic) bond motifs is 1. The van der Waals surface area contributed by atoms with Crippen LogP contribution in [0.1, 0.15) is 17.5 Å². The highest BCUT2D eigenvalue weighted by Gasteiger charge is 2.14. The van der Waals surface area contributed by atoms with E-state index in [4.69, 9.17) is 4.74 Å². The predicted molar refractivity (Wildman–Crippen MR) is 88.6 cm³/mol. The molecule has 2 aromatic carbocycles. The number of hydrogen-bond acceptors (Lipinski definition) is 3. The molecular weight excluding hydrogens is 276 g/mol. The number of hydrogen-bond donors (Lipinski definition) is 2. The Morgan fingerprint density at radius 3 is 3.00 bits per heavy atom. The molecule has 0 spiro atoms. The lowest BCUT2D eigenvalue weighted by molar-refractivity contribution is -0.115. The fourth-order valence-corrected chi connectivity index (χ4v) is 2.78. The van der Waals surface area contributed by atoms with E-state index < -0.39 is 0 Å². The van der Waals surface area contributed by atoms with Crippen LogP contribution in [-0.4, -0.2) is 19.6 Å². The monoisotopic (exact) mass is 296 g/mol. The number of para-hydroxylation sites is 1. The molecule has 1 aliphatic heterocycles. The molecule has 4 nitrogen and oxygen atoms in total. The molecule has 0 aliphatic carbocycles. The second-order valence-corrected chi connectivity index (χ2v) is 5.45. The topological polar surface area (TPSA) is 50.4 Å². The van der Waals surface area contributed by atoms with E-state index in [0.29, 0.717) is 6.42 Å². The maximum Gasteiger partial charge on any atom is 0.228 e. The van der Waals surface area contributed by atoms with Crippen LogP contribution < -0.4 is 15.4 Å². The average molecular weight is 296 g/mol. The van der Waals surface area contributed by atoms with E-state index in [2.05, 4.69) is 16.7 Å². The summed E-state index contributed by atoms with van der Waals surface area (Å²) < 4.78 is 5.19. The Balaban J connectivity index is 1.72. The van der Waals surface area contributed by atoms with Crippen LogP contribution in [0.5, 0.6) is 5.75 Å². The molecule has 0 unspecified atom stereocenters. The Kier molecular flexibility index (Phi) is 4.28. The lowest BCUT2D eigenvalue weighted by Crippen LogP contribution is -2.18. The predicted octanol–water partition coefficient (Wildman–Crippen LogP) is 3.23. The Hall–Kier alpha value is -2.49. The number of nitrogens with one attached hydrogen (secondary N) is 2. The maximum absolute atomic E-state index is 12.3.